The van der Waals surface area contributed by atoms with Crippen LogP contribution in [0.3, 0.4) is 0 Å². The molecular weight excluding hydrogens is 346 g/mol. The van der Waals surface area contributed by atoms with Crippen LogP contribution in [-0.2, 0) is 0 Å². The number of hydrogen-bond acceptors (Lipinski definition) is 5. The maximum absolute atomic E-state index is 12.5. The Bertz CT molecular complexity index is 1010. The van der Waals surface area contributed by atoms with Crippen molar-refractivity contribution < 1.29 is 18.7 Å². The maximum Gasteiger partial charge on any atom is 0.349 e. The number of amides is 1. The van der Waals surface area contributed by atoms with Crippen LogP contribution in [0.5, 0.6) is 11.5 Å². The highest BCUT2D eigenvalue weighted by Gasteiger charge is 2.17. The minimum absolute atomic E-state index is 0.116. The molecule has 0 saturated carbocycles. The number of carbonyl (C=O) groups is 1. The number of para-hydroxylation sites is 1. The first kappa shape index (κ1) is 16.9. The van der Waals surface area contributed by atoms with E-state index >= 15 is 0 Å². The molecule has 128 valence electrons. The van der Waals surface area contributed by atoms with Gasteiger partial charge in [0, 0.05) is 17.5 Å². The minimum atomic E-state index is -0.726. The average Bonchev–Trinajstić information content (AvgIpc) is 2.62. The standard InChI is InChI=1S/C18H14ClNO5/c1-23-15-9-13(16(24-2)8-12(15)19)20-17(21)11-7-10-5-3-4-6-14(10)25-18(11)22/h3-9H,1-2H3,(H,20,21). The molecule has 0 atom stereocenters. The fourth-order valence-corrected chi connectivity index (χ4v) is 2.60. The van der Waals surface area contributed by atoms with Crippen LogP contribution >= 0.6 is 11.6 Å². The summed E-state index contributed by atoms with van der Waals surface area (Å²) in [6, 6.07) is 11.5. The predicted molar refractivity (Wildman–Crippen MR) is 95.0 cm³/mol. The lowest BCUT2D eigenvalue weighted by molar-refractivity contribution is 0.102. The van der Waals surface area contributed by atoms with Gasteiger partial charge in [0.25, 0.3) is 5.91 Å². The zero-order valence-corrected chi connectivity index (χ0v) is 14.2. The van der Waals surface area contributed by atoms with Crippen molar-refractivity contribution in [3.8, 4) is 11.5 Å². The molecule has 1 N–H and O–H groups in total. The quantitative estimate of drug-likeness (QED) is 0.718. The molecule has 25 heavy (non-hydrogen) atoms. The molecule has 0 fully saturated rings. The maximum atomic E-state index is 12.5. The monoisotopic (exact) mass is 359 g/mol. The third-order valence-electron chi connectivity index (χ3n) is 3.61. The Balaban J connectivity index is 2.00. The second-order valence-electron chi connectivity index (χ2n) is 5.13. The summed E-state index contributed by atoms with van der Waals surface area (Å²) in [5, 5.41) is 3.60. The molecule has 0 radical (unpaired) electrons. The van der Waals surface area contributed by atoms with Crippen molar-refractivity contribution in [1.82, 2.24) is 0 Å². The fourth-order valence-electron chi connectivity index (χ4n) is 2.37. The first-order valence-electron chi connectivity index (χ1n) is 7.29. The van der Waals surface area contributed by atoms with E-state index in [1.54, 1.807) is 24.3 Å². The number of ether oxygens (including phenoxy) is 2. The molecule has 7 heteroatoms. The van der Waals surface area contributed by atoms with Gasteiger partial charge in [-0.05, 0) is 12.1 Å². The summed E-state index contributed by atoms with van der Waals surface area (Å²) in [6.07, 6.45) is 0. The minimum Gasteiger partial charge on any atom is -0.495 e. The van der Waals surface area contributed by atoms with Crippen LogP contribution in [0.15, 0.2) is 51.7 Å². The number of hydrogen-bond donors (Lipinski definition) is 1. The third-order valence-corrected chi connectivity index (χ3v) is 3.90. The largest absolute Gasteiger partial charge is 0.495 e. The van der Waals surface area contributed by atoms with Crippen molar-refractivity contribution in [3.05, 3.63) is 63.5 Å². The molecular formula is C18H14ClNO5. The SMILES string of the molecule is COc1cc(NC(=O)c2cc3ccccc3oc2=O)c(OC)cc1Cl. The summed E-state index contributed by atoms with van der Waals surface area (Å²) in [4.78, 5) is 24.6. The van der Waals surface area contributed by atoms with E-state index in [4.69, 9.17) is 25.5 Å². The predicted octanol–water partition coefficient (Wildman–Crippen LogP) is 3.72. The van der Waals surface area contributed by atoms with E-state index in [2.05, 4.69) is 5.32 Å². The van der Waals surface area contributed by atoms with Gasteiger partial charge in [-0.1, -0.05) is 29.8 Å². The van der Waals surface area contributed by atoms with E-state index in [1.807, 2.05) is 0 Å². The molecule has 0 bridgehead atoms. The lowest BCUT2D eigenvalue weighted by atomic mass is 10.1. The van der Waals surface area contributed by atoms with Gasteiger partial charge < -0.3 is 19.2 Å². The zero-order valence-electron chi connectivity index (χ0n) is 13.5. The highest BCUT2D eigenvalue weighted by Crippen LogP contribution is 2.36. The molecule has 1 aromatic heterocycles. The number of halogens is 1. The van der Waals surface area contributed by atoms with Crippen LogP contribution < -0.4 is 20.4 Å². The van der Waals surface area contributed by atoms with Gasteiger partial charge in [-0.3, -0.25) is 4.79 Å². The molecule has 3 rings (SSSR count). The van der Waals surface area contributed by atoms with E-state index in [1.165, 1.54) is 32.4 Å². The van der Waals surface area contributed by atoms with E-state index in [0.29, 0.717) is 33.2 Å². The molecule has 0 aliphatic carbocycles. The number of nitrogens with one attached hydrogen (secondary N) is 1. The van der Waals surface area contributed by atoms with Crippen molar-refractivity contribution in [2.45, 2.75) is 0 Å². The summed E-state index contributed by atoms with van der Waals surface area (Å²) < 4.78 is 15.5. The van der Waals surface area contributed by atoms with Gasteiger partial charge in [-0.25, -0.2) is 4.79 Å². The second kappa shape index (κ2) is 6.86. The summed E-state index contributed by atoms with van der Waals surface area (Å²) in [6.45, 7) is 0. The van der Waals surface area contributed by atoms with Crippen molar-refractivity contribution in [2.24, 2.45) is 0 Å². The number of rotatable bonds is 4. The van der Waals surface area contributed by atoms with Crippen LogP contribution in [0.4, 0.5) is 5.69 Å². The summed E-state index contributed by atoms with van der Waals surface area (Å²) in [7, 11) is 2.90. The van der Waals surface area contributed by atoms with Crippen LogP contribution in [0.2, 0.25) is 5.02 Å². The third kappa shape index (κ3) is 3.29. The molecule has 0 unspecified atom stereocenters. The Labute approximate surface area is 147 Å². The first-order valence-corrected chi connectivity index (χ1v) is 7.67. The van der Waals surface area contributed by atoms with Crippen LogP contribution in [0, 0.1) is 0 Å². The lowest BCUT2D eigenvalue weighted by Gasteiger charge is -2.13. The molecule has 2 aromatic carbocycles. The number of fused-ring (bicyclic) bond motifs is 1. The van der Waals surface area contributed by atoms with Gasteiger partial charge in [0.2, 0.25) is 0 Å². The zero-order chi connectivity index (χ0) is 18.0. The molecule has 1 amide bonds. The lowest BCUT2D eigenvalue weighted by Crippen LogP contribution is -2.21. The number of carbonyl (C=O) groups excluding carboxylic acids is 1. The fraction of sp³-hybridized carbons (Fsp3) is 0.111. The summed E-state index contributed by atoms with van der Waals surface area (Å²) >= 11 is 6.04. The molecule has 0 aliphatic rings. The number of methoxy groups -OCH3 is 2. The normalized spacial score (nSPS) is 10.5. The Morgan fingerprint density at radius 2 is 1.80 bits per heavy atom. The molecule has 0 spiro atoms. The summed E-state index contributed by atoms with van der Waals surface area (Å²) in [5.41, 5.74) is -0.109. The Hall–Kier alpha value is -2.99. The van der Waals surface area contributed by atoms with Gasteiger partial charge in [-0.15, -0.1) is 0 Å². The smallest absolute Gasteiger partial charge is 0.349 e. The van der Waals surface area contributed by atoms with Gasteiger partial charge in [-0.2, -0.15) is 0 Å². The first-order chi connectivity index (χ1) is 12.0. The Kier molecular flexibility index (Phi) is 4.63. The second-order valence-corrected chi connectivity index (χ2v) is 5.53. The van der Waals surface area contributed by atoms with E-state index in [-0.39, 0.29) is 5.56 Å². The van der Waals surface area contributed by atoms with E-state index in [9.17, 15) is 9.59 Å². The topological polar surface area (TPSA) is 77.8 Å². The Morgan fingerprint density at radius 3 is 2.52 bits per heavy atom. The Morgan fingerprint density at radius 1 is 1.08 bits per heavy atom. The van der Waals surface area contributed by atoms with Crippen molar-refractivity contribution in [1.29, 1.82) is 0 Å². The van der Waals surface area contributed by atoms with Crippen molar-refractivity contribution >= 4 is 34.2 Å². The van der Waals surface area contributed by atoms with E-state index in [0.717, 1.165) is 0 Å². The van der Waals surface area contributed by atoms with Gasteiger partial charge >= 0.3 is 5.63 Å². The number of anilines is 1. The number of benzene rings is 2. The van der Waals surface area contributed by atoms with E-state index < -0.39 is 11.5 Å². The molecule has 1 heterocycles. The van der Waals surface area contributed by atoms with Crippen LogP contribution in [0.1, 0.15) is 10.4 Å². The van der Waals surface area contributed by atoms with Gasteiger partial charge in [0.15, 0.2) is 0 Å². The van der Waals surface area contributed by atoms with Crippen molar-refractivity contribution in [2.75, 3.05) is 19.5 Å². The van der Waals surface area contributed by atoms with Crippen LogP contribution in [-0.4, -0.2) is 20.1 Å². The molecule has 6 nitrogen and oxygen atoms in total. The average molecular weight is 360 g/mol. The van der Waals surface area contributed by atoms with Gasteiger partial charge in [0.1, 0.15) is 22.6 Å². The van der Waals surface area contributed by atoms with Crippen molar-refractivity contribution in [3.63, 3.8) is 0 Å². The highest BCUT2D eigenvalue weighted by atomic mass is 35.5. The molecule has 3 aromatic rings. The molecule has 0 saturated heterocycles. The van der Waals surface area contributed by atoms with Gasteiger partial charge in [0.05, 0.1) is 24.9 Å². The summed E-state index contributed by atoms with van der Waals surface area (Å²) in [5.74, 6) is 0.0785. The highest BCUT2D eigenvalue weighted by molar-refractivity contribution is 6.32. The molecule has 0 aliphatic heterocycles. The van der Waals surface area contributed by atoms with Crippen LogP contribution in [0.25, 0.3) is 11.0 Å².